The van der Waals surface area contributed by atoms with Crippen molar-refractivity contribution in [3.63, 3.8) is 0 Å². The maximum atomic E-state index is 12.7. The van der Waals surface area contributed by atoms with Gasteiger partial charge in [0.1, 0.15) is 6.04 Å². The zero-order valence-corrected chi connectivity index (χ0v) is 16.1. The van der Waals surface area contributed by atoms with Crippen LogP contribution in [0.3, 0.4) is 0 Å². The summed E-state index contributed by atoms with van der Waals surface area (Å²) in [5, 5.41) is 10.9. The Morgan fingerprint density at radius 2 is 1.55 bits per heavy atom. The van der Waals surface area contributed by atoms with Crippen LogP contribution < -0.4 is 5.32 Å². The van der Waals surface area contributed by atoms with Crippen LogP contribution in [-0.4, -0.2) is 21.2 Å². The molecule has 4 aromatic rings. The number of aromatic nitrogens is 3. The molecule has 0 bridgehead atoms. The standard InChI is InChI=1S/C22H20N4O3/c1-14(2)19(22-24-20(26-29-22)16-11-7-4-8-12-16)23-21(27)17-13-18(28-25-17)15-9-5-3-6-10-15/h3-14,19H,1-2H3,(H,23,27)/t19-/m0/s1. The van der Waals surface area contributed by atoms with E-state index in [9.17, 15) is 4.79 Å². The highest BCUT2D eigenvalue weighted by molar-refractivity contribution is 5.93. The highest BCUT2D eigenvalue weighted by atomic mass is 16.5. The highest BCUT2D eigenvalue weighted by Crippen LogP contribution is 2.25. The van der Waals surface area contributed by atoms with E-state index in [-0.39, 0.29) is 17.5 Å². The summed E-state index contributed by atoms with van der Waals surface area (Å²) < 4.78 is 10.8. The number of hydrogen-bond donors (Lipinski definition) is 1. The van der Waals surface area contributed by atoms with Gasteiger partial charge in [0.15, 0.2) is 11.5 Å². The first-order chi connectivity index (χ1) is 14.1. The maximum absolute atomic E-state index is 12.7. The fourth-order valence-electron chi connectivity index (χ4n) is 2.92. The van der Waals surface area contributed by atoms with E-state index in [1.54, 1.807) is 6.07 Å². The Labute approximate surface area is 167 Å². The number of carbonyl (C=O) groups excluding carboxylic acids is 1. The Kier molecular flexibility index (Phi) is 5.20. The zero-order chi connectivity index (χ0) is 20.2. The molecule has 7 heteroatoms. The number of rotatable bonds is 6. The van der Waals surface area contributed by atoms with Crippen molar-refractivity contribution in [3.05, 3.63) is 78.3 Å². The molecular weight excluding hydrogens is 368 g/mol. The van der Waals surface area contributed by atoms with Crippen LogP contribution >= 0.6 is 0 Å². The second-order valence-corrected chi connectivity index (χ2v) is 6.96. The van der Waals surface area contributed by atoms with E-state index < -0.39 is 6.04 Å². The summed E-state index contributed by atoms with van der Waals surface area (Å²) in [4.78, 5) is 17.2. The largest absolute Gasteiger partial charge is 0.355 e. The summed E-state index contributed by atoms with van der Waals surface area (Å²) >= 11 is 0. The van der Waals surface area contributed by atoms with E-state index in [4.69, 9.17) is 9.05 Å². The van der Waals surface area contributed by atoms with Crippen LogP contribution in [0.1, 0.15) is 36.3 Å². The molecule has 1 amide bonds. The van der Waals surface area contributed by atoms with Crippen molar-refractivity contribution < 1.29 is 13.8 Å². The van der Waals surface area contributed by atoms with Gasteiger partial charge in [0, 0.05) is 17.2 Å². The number of nitrogens with zero attached hydrogens (tertiary/aromatic N) is 3. The van der Waals surface area contributed by atoms with E-state index in [0.717, 1.165) is 11.1 Å². The molecule has 2 aromatic carbocycles. The van der Waals surface area contributed by atoms with Crippen LogP contribution in [0, 0.1) is 5.92 Å². The zero-order valence-electron chi connectivity index (χ0n) is 16.1. The predicted molar refractivity (Wildman–Crippen MR) is 107 cm³/mol. The molecule has 2 heterocycles. The van der Waals surface area contributed by atoms with E-state index >= 15 is 0 Å². The molecule has 0 unspecified atom stereocenters. The number of amides is 1. The van der Waals surface area contributed by atoms with E-state index in [2.05, 4.69) is 20.6 Å². The lowest BCUT2D eigenvalue weighted by molar-refractivity contribution is 0.0904. The molecule has 1 atom stereocenters. The predicted octanol–water partition coefficient (Wildman–Crippen LogP) is 4.52. The average Bonchev–Trinajstić information content (AvgIpc) is 3.43. The Morgan fingerprint density at radius 1 is 0.897 bits per heavy atom. The van der Waals surface area contributed by atoms with Crippen molar-refractivity contribution in [1.29, 1.82) is 0 Å². The smallest absolute Gasteiger partial charge is 0.274 e. The van der Waals surface area contributed by atoms with Crippen LogP contribution in [0.25, 0.3) is 22.7 Å². The Hall–Kier alpha value is -3.74. The fraction of sp³-hybridized carbons (Fsp3) is 0.182. The summed E-state index contributed by atoms with van der Waals surface area (Å²) in [5.41, 5.74) is 1.89. The summed E-state index contributed by atoms with van der Waals surface area (Å²) in [7, 11) is 0. The first-order valence-corrected chi connectivity index (χ1v) is 9.34. The van der Waals surface area contributed by atoms with Gasteiger partial charge in [-0.15, -0.1) is 0 Å². The van der Waals surface area contributed by atoms with Gasteiger partial charge in [0.25, 0.3) is 5.91 Å². The van der Waals surface area contributed by atoms with Crippen LogP contribution in [0.2, 0.25) is 0 Å². The molecule has 1 N–H and O–H groups in total. The van der Waals surface area contributed by atoms with Gasteiger partial charge in [-0.3, -0.25) is 4.79 Å². The van der Waals surface area contributed by atoms with Gasteiger partial charge < -0.3 is 14.4 Å². The first kappa shape index (κ1) is 18.6. The molecular formula is C22H20N4O3. The maximum Gasteiger partial charge on any atom is 0.274 e. The minimum Gasteiger partial charge on any atom is -0.355 e. The molecule has 0 spiro atoms. The molecule has 0 radical (unpaired) electrons. The molecule has 7 nitrogen and oxygen atoms in total. The minimum absolute atomic E-state index is 0.0310. The third-order valence-electron chi connectivity index (χ3n) is 4.49. The summed E-state index contributed by atoms with van der Waals surface area (Å²) in [6.07, 6.45) is 0. The molecule has 0 fully saturated rings. The van der Waals surface area contributed by atoms with Gasteiger partial charge in [0.05, 0.1) is 0 Å². The van der Waals surface area contributed by atoms with E-state index in [0.29, 0.717) is 17.5 Å². The molecule has 0 aliphatic carbocycles. The van der Waals surface area contributed by atoms with Gasteiger partial charge >= 0.3 is 0 Å². The van der Waals surface area contributed by atoms with Gasteiger partial charge in [0.2, 0.25) is 11.7 Å². The van der Waals surface area contributed by atoms with Crippen LogP contribution in [0.5, 0.6) is 0 Å². The van der Waals surface area contributed by atoms with Crippen molar-refractivity contribution in [2.75, 3.05) is 0 Å². The number of benzene rings is 2. The van der Waals surface area contributed by atoms with Crippen molar-refractivity contribution in [2.24, 2.45) is 5.92 Å². The molecule has 29 heavy (non-hydrogen) atoms. The molecule has 4 rings (SSSR count). The van der Waals surface area contributed by atoms with Gasteiger partial charge in [-0.1, -0.05) is 84.8 Å². The highest BCUT2D eigenvalue weighted by Gasteiger charge is 2.26. The fourth-order valence-corrected chi connectivity index (χ4v) is 2.92. The Balaban J connectivity index is 1.53. The Bertz CT molecular complexity index is 1090. The third-order valence-corrected chi connectivity index (χ3v) is 4.49. The van der Waals surface area contributed by atoms with Crippen molar-refractivity contribution in [3.8, 4) is 22.7 Å². The minimum atomic E-state index is -0.454. The second kappa shape index (κ2) is 8.10. The van der Waals surface area contributed by atoms with E-state index in [1.807, 2.05) is 74.5 Å². The van der Waals surface area contributed by atoms with Crippen molar-refractivity contribution in [1.82, 2.24) is 20.6 Å². The van der Waals surface area contributed by atoms with Gasteiger partial charge in [-0.2, -0.15) is 4.98 Å². The molecule has 0 saturated carbocycles. The molecule has 2 aromatic heterocycles. The first-order valence-electron chi connectivity index (χ1n) is 9.34. The normalized spacial score (nSPS) is 12.1. The molecule has 146 valence electrons. The third kappa shape index (κ3) is 4.08. The quantitative estimate of drug-likeness (QED) is 0.522. The molecule has 0 aliphatic heterocycles. The number of carbonyl (C=O) groups is 1. The lowest BCUT2D eigenvalue weighted by atomic mass is 10.0. The lowest BCUT2D eigenvalue weighted by Crippen LogP contribution is -2.32. The summed E-state index contributed by atoms with van der Waals surface area (Å²) in [5.74, 6) is 1.02. The van der Waals surface area contributed by atoms with Crippen molar-refractivity contribution in [2.45, 2.75) is 19.9 Å². The number of hydrogen-bond acceptors (Lipinski definition) is 6. The van der Waals surface area contributed by atoms with Gasteiger partial charge in [-0.25, -0.2) is 0 Å². The molecule has 0 aliphatic rings. The lowest BCUT2D eigenvalue weighted by Gasteiger charge is -2.17. The van der Waals surface area contributed by atoms with E-state index in [1.165, 1.54) is 0 Å². The Morgan fingerprint density at radius 3 is 2.21 bits per heavy atom. The van der Waals surface area contributed by atoms with Gasteiger partial charge in [-0.05, 0) is 5.92 Å². The van der Waals surface area contributed by atoms with Crippen LogP contribution in [-0.2, 0) is 0 Å². The number of nitrogens with one attached hydrogen (secondary N) is 1. The summed E-state index contributed by atoms with van der Waals surface area (Å²) in [6.45, 7) is 3.94. The van der Waals surface area contributed by atoms with Crippen LogP contribution in [0.15, 0.2) is 75.8 Å². The summed E-state index contributed by atoms with van der Waals surface area (Å²) in [6, 6.07) is 20.2. The second-order valence-electron chi connectivity index (χ2n) is 6.96. The van der Waals surface area contributed by atoms with Crippen molar-refractivity contribution >= 4 is 5.91 Å². The molecule has 0 saturated heterocycles. The SMILES string of the molecule is CC(C)[C@H](NC(=O)c1cc(-c2ccccc2)on1)c1nc(-c2ccccc2)no1. The monoisotopic (exact) mass is 388 g/mol. The average molecular weight is 388 g/mol. The van der Waals surface area contributed by atoms with Crippen LogP contribution in [0.4, 0.5) is 0 Å². The topological polar surface area (TPSA) is 94.1 Å².